The van der Waals surface area contributed by atoms with E-state index in [0.717, 1.165) is 15.7 Å². The summed E-state index contributed by atoms with van der Waals surface area (Å²) in [5.41, 5.74) is 1.21. The Morgan fingerprint density at radius 2 is 2.06 bits per heavy atom. The maximum absolute atomic E-state index is 5.99. The topological polar surface area (TPSA) is 24.9 Å². The van der Waals surface area contributed by atoms with Crippen molar-refractivity contribution < 1.29 is 0 Å². The average Bonchev–Trinajstić information content (AvgIpc) is 2.70. The molecular formula is C14H17ClN2S. The maximum atomic E-state index is 5.99. The van der Waals surface area contributed by atoms with Gasteiger partial charge in [-0.05, 0) is 38.0 Å². The average molecular weight is 281 g/mol. The molecule has 1 heterocycles. The van der Waals surface area contributed by atoms with Crippen LogP contribution in [0.3, 0.4) is 0 Å². The van der Waals surface area contributed by atoms with Crippen LogP contribution < -0.4 is 5.32 Å². The van der Waals surface area contributed by atoms with Crippen molar-refractivity contribution in [1.82, 2.24) is 4.98 Å². The van der Waals surface area contributed by atoms with Gasteiger partial charge in [-0.25, -0.2) is 4.98 Å². The van der Waals surface area contributed by atoms with Crippen LogP contribution >= 0.6 is 22.9 Å². The summed E-state index contributed by atoms with van der Waals surface area (Å²) in [4.78, 5) is 4.64. The van der Waals surface area contributed by atoms with Crippen LogP contribution in [-0.2, 0) is 0 Å². The monoisotopic (exact) mass is 280 g/mol. The lowest BCUT2D eigenvalue weighted by molar-refractivity contribution is 0.349. The summed E-state index contributed by atoms with van der Waals surface area (Å²) in [6.45, 7) is 2.31. The number of hydrogen-bond acceptors (Lipinski definition) is 3. The van der Waals surface area contributed by atoms with Crippen molar-refractivity contribution in [2.24, 2.45) is 0 Å². The van der Waals surface area contributed by atoms with Gasteiger partial charge in [0.1, 0.15) is 0 Å². The molecule has 0 atom stereocenters. The first kappa shape index (κ1) is 12.2. The zero-order valence-corrected chi connectivity index (χ0v) is 12.1. The highest BCUT2D eigenvalue weighted by atomic mass is 35.5. The van der Waals surface area contributed by atoms with Crippen LogP contribution in [0.4, 0.5) is 5.13 Å². The van der Waals surface area contributed by atoms with E-state index < -0.39 is 0 Å². The van der Waals surface area contributed by atoms with Crippen LogP contribution in [0.2, 0.25) is 5.02 Å². The minimum atomic E-state index is 0.218. The SMILES string of the molecule is CC1(Nc2nc3cc(Cl)ccc3s2)CCCCC1. The molecule has 1 aromatic carbocycles. The standard InChI is InChI=1S/C14H17ClN2S/c1-14(7-3-2-4-8-14)17-13-16-11-9-10(15)5-6-12(11)18-13/h5-6,9H,2-4,7-8H2,1H3,(H,16,17). The number of anilines is 1. The van der Waals surface area contributed by atoms with Gasteiger partial charge in [-0.2, -0.15) is 0 Å². The molecule has 2 aromatic rings. The Balaban J connectivity index is 1.86. The Bertz CT molecular complexity index is 558. The second-order valence-corrected chi connectivity index (χ2v) is 6.84. The van der Waals surface area contributed by atoms with Crippen molar-refractivity contribution in [2.45, 2.75) is 44.6 Å². The second-order valence-electron chi connectivity index (χ2n) is 5.38. The molecule has 1 N–H and O–H groups in total. The van der Waals surface area contributed by atoms with E-state index in [1.54, 1.807) is 11.3 Å². The highest BCUT2D eigenvalue weighted by molar-refractivity contribution is 7.22. The van der Waals surface area contributed by atoms with Gasteiger partial charge in [0.05, 0.1) is 10.2 Å². The smallest absolute Gasteiger partial charge is 0.184 e. The fraction of sp³-hybridized carbons (Fsp3) is 0.500. The normalized spacial score (nSPS) is 19.0. The van der Waals surface area contributed by atoms with Gasteiger partial charge in [-0.15, -0.1) is 0 Å². The van der Waals surface area contributed by atoms with E-state index in [2.05, 4.69) is 17.2 Å². The van der Waals surface area contributed by atoms with E-state index in [4.69, 9.17) is 11.6 Å². The quantitative estimate of drug-likeness (QED) is 0.829. The molecule has 2 nitrogen and oxygen atoms in total. The van der Waals surface area contributed by atoms with Crippen LogP contribution in [0, 0.1) is 0 Å². The Morgan fingerprint density at radius 1 is 1.28 bits per heavy atom. The number of nitrogens with zero attached hydrogens (tertiary/aromatic N) is 1. The predicted octanol–water partition coefficient (Wildman–Crippen LogP) is 5.08. The fourth-order valence-electron chi connectivity index (χ4n) is 2.67. The van der Waals surface area contributed by atoms with Crippen molar-refractivity contribution in [2.75, 3.05) is 5.32 Å². The van der Waals surface area contributed by atoms with Gasteiger partial charge < -0.3 is 5.32 Å². The van der Waals surface area contributed by atoms with Crippen molar-refractivity contribution in [3.63, 3.8) is 0 Å². The molecule has 96 valence electrons. The first-order valence-corrected chi connectivity index (χ1v) is 7.68. The number of fused-ring (bicyclic) bond motifs is 1. The van der Waals surface area contributed by atoms with Crippen molar-refractivity contribution in [3.8, 4) is 0 Å². The Labute approximate surface area is 116 Å². The molecule has 0 unspecified atom stereocenters. The molecule has 0 saturated heterocycles. The van der Waals surface area contributed by atoms with Gasteiger partial charge in [0.2, 0.25) is 0 Å². The van der Waals surface area contributed by atoms with Gasteiger partial charge in [-0.3, -0.25) is 0 Å². The third-order valence-corrected chi connectivity index (χ3v) is 4.90. The molecule has 0 bridgehead atoms. The third kappa shape index (κ3) is 2.47. The molecule has 4 heteroatoms. The molecule has 18 heavy (non-hydrogen) atoms. The van der Waals surface area contributed by atoms with Crippen molar-refractivity contribution in [3.05, 3.63) is 23.2 Å². The van der Waals surface area contributed by atoms with Crippen LogP contribution in [-0.4, -0.2) is 10.5 Å². The lowest BCUT2D eigenvalue weighted by atomic mass is 9.83. The van der Waals surface area contributed by atoms with Crippen LogP contribution in [0.25, 0.3) is 10.2 Å². The number of rotatable bonds is 2. The van der Waals surface area contributed by atoms with Crippen molar-refractivity contribution in [1.29, 1.82) is 0 Å². The highest BCUT2D eigenvalue weighted by Crippen LogP contribution is 2.34. The lowest BCUT2D eigenvalue weighted by Gasteiger charge is -2.34. The predicted molar refractivity (Wildman–Crippen MR) is 79.7 cm³/mol. The zero-order valence-electron chi connectivity index (χ0n) is 10.5. The summed E-state index contributed by atoms with van der Waals surface area (Å²) in [5, 5.41) is 5.41. The third-order valence-electron chi connectivity index (χ3n) is 3.72. The largest absolute Gasteiger partial charge is 0.356 e. The van der Waals surface area contributed by atoms with Gasteiger partial charge in [0.25, 0.3) is 0 Å². The van der Waals surface area contributed by atoms with Gasteiger partial charge in [0, 0.05) is 10.6 Å². The van der Waals surface area contributed by atoms with Gasteiger partial charge in [-0.1, -0.05) is 42.2 Å². The maximum Gasteiger partial charge on any atom is 0.184 e. The molecular weight excluding hydrogens is 264 g/mol. The van der Waals surface area contributed by atoms with E-state index in [1.807, 2.05) is 18.2 Å². The molecule has 1 saturated carbocycles. The molecule has 1 aliphatic carbocycles. The lowest BCUT2D eigenvalue weighted by Crippen LogP contribution is -2.36. The molecule has 0 radical (unpaired) electrons. The van der Waals surface area contributed by atoms with E-state index >= 15 is 0 Å². The molecule has 0 amide bonds. The van der Waals surface area contributed by atoms with Gasteiger partial charge in [0.15, 0.2) is 5.13 Å². The summed E-state index contributed by atoms with van der Waals surface area (Å²) < 4.78 is 1.20. The number of hydrogen-bond donors (Lipinski definition) is 1. The minimum Gasteiger partial charge on any atom is -0.356 e. The number of aromatic nitrogens is 1. The van der Waals surface area contributed by atoms with Gasteiger partial charge >= 0.3 is 0 Å². The molecule has 1 aromatic heterocycles. The first-order chi connectivity index (χ1) is 8.65. The van der Waals surface area contributed by atoms with E-state index in [0.29, 0.717) is 0 Å². The zero-order chi connectivity index (χ0) is 12.6. The summed E-state index contributed by atoms with van der Waals surface area (Å²) in [6.07, 6.45) is 6.49. The Hall–Kier alpha value is -0.800. The Morgan fingerprint density at radius 3 is 2.83 bits per heavy atom. The summed E-state index contributed by atoms with van der Waals surface area (Å²) in [7, 11) is 0. The summed E-state index contributed by atoms with van der Waals surface area (Å²) >= 11 is 7.71. The van der Waals surface area contributed by atoms with Crippen LogP contribution in [0.5, 0.6) is 0 Å². The fourth-order valence-corrected chi connectivity index (χ4v) is 3.83. The number of nitrogens with one attached hydrogen (secondary N) is 1. The minimum absolute atomic E-state index is 0.218. The molecule has 0 spiro atoms. The van der Waals surface area contributed by atoms with E-state index in [9.17, 15) is 0 Å². The molecule has 1 fully saturated rings. The number of halogens is 1. The number of thiazole rings is 1. The second kappa shape index (κ2) is 4.71. The molecule has 3 rings (SSSR count). The highest BCUT2D eigenvalue weighted by Gasteiger charge is 2.27. The number of benzene rings is 1. The molecule has 1 aliphatic rings. The van der Waals surface area contributed by atoms with E-state index in [1.165, 1.54) is 36.8 Å². The summed E-state index contributed by atoms with van der Waals surface area (Å²) in [5.74, 6) is 0. The Kier molecular flexibility index (Phi) is 3.20. The van der Waals surface area contributed by atoms with E-state index in [-0.39, 0.29) is 5.54 Å². The first-order valence-electron chi connectivity index (χ1n) is 6.49. The molecule has 0 aliphatic heterocycles. The summed E-state index contributed by atoms with van der Waals surface area (Å²) in [6, 6.07) is 5.90. The van der Waals surface area contributed by atoms with Crippen LogP contribution in [0.15, 0.2) is 18.2 Å². The van der Waals surface area contributed by atoms with Crippen molar-refractivity contribution >= 4 is 38.3 Å². The van der Waals surface area contributed by atoms with Crippen LogP contribution in [0.1, 0.15) is 39.0 Å².